The van der Waals surface area contributed by atoms with Gasteiger partial charge in [0.05, 0.1) is 12.6 Å². The first-order valence-electron chi connectivity index (χ1n) is 5.13. The van der Waals surface area contributed by atoms with Crippen molar-refractivity contribution < 1.29 is 14.6 Å². The molecule has 1 aromatic heterocycles. The molecule has 16 heavy (non-hydrogen) atoms. The number of carbonyl (C=O) groups is 1. The molecular weight excluding hydrogens is 210 g/mol. The summed E-state index contributed by atoms with van der Waals surface area (Å²) < 4.78 is 7.07. The van der Waals surface area contributed by atoms with Crippen LogP contribution >= 0.6 is 0 Å². The van der Waals surface area contributed by atoms with E-state index in [0.717, 1.165) is 12.1 Å². The highest BCUT2D eigenvalue weighted by molar-refractivity contribution is 5.87. The molecule has 0 radical (unpaired) electrons. The van der Waals surface area contributed by atoms with Crippen molar-refractivity contribution in [2.24, 2.45) is 0 Å². The van der Waals surface area contributed by atoms with Crippen LogP contribution in [0.4, 0.5) is 0 Å². The average molecular weight is 223 g/mol. The Labute approximate surface area is 92.3 Å². The highest BCUT2D eigenvalue weighted by Crippen LogP contribution is 2.20. The summed E-state index contributed by atoms with van der Waals surface area (Å²) in [6.45, 7) is 3.05. The lowest BCUT2D eigenvalue weighted by molar-refractivity contribution is 0.0694. The summed E-state index contributed by atoms with van der Waals surface area (Å²) in [5.41, 5.74) is 0.142. The highest BCUT2D eigenvalue weighted by Gasteiger charge is 2.20. The lowest BCUT2D eigenvalue weighted by Gasteiger charge is -2.16. The van der Waals surface area contributed by atoms with Crippen molar-refractivity contribution in [3.8, 4) is 0 Å². The molecule has 0 spiro atoms. The molecular formula is C11H13NO4. The monoisotopic (exact) mass is 223 g/mol. The van der Waals surface area contributed by atoms with Crippen molar-refractivity contribution in [2.45, 2.75) is 19.4 Å². The van der Waals surface area contributed by atoms with E-state index in [1.54, 1.807) is 6.92 Å². The average Bonchev–Trinajstić information content (AvgIpc) is 2.70. The van der Waals surface area contributed by atoms with Gasteiger partial charge in [-0.3, -0.25) is 4.79 Å². The molecule has 1 aromatic rings. The molecule has 1 aliphatic rings. The Balaban J connectivity index is 2.48. The zero-order valence-corrected chi connectivity index (χ0v) is 8.97. The molecule has 2 rings (SSSR count). The maximum atomic E-state index is 11.4. The molecule has 0 unspecified atom stereocenters. The summed E-state index contributed by atoms with van der Waals surface area (Å²) in [5, 5.41) is 8.88. The Bertz CT molecular complexity index is 471. The predicted molar refractivity (Wildman–Crippen MR) is 56.9 cm³/mol. The van der Waals surface area contributed by atoms with Crippen LogP contribution in [0.25, 0.3) is 0 Å². The predicted octanol–water partition coefficient (Wildman–Crippen LogP) is 0.816. The van der Waals surface area contributed by atoms with Gasteiger partial charge in [0.2, 0.25) is 0 Å². The topological polar surface area (TPSA) is 68.5 Å². The van der Waals surface area contributed by atoms with E-state index in [0.29, 0.717) is 13.2 Å². The Morgan fingerprint density at radius 3 is 2.94 bits per heavy atom. The van der Waals surface area contributed by atoms with E-state index in [1.165, 1.54) is 12.3 Å². The molecule has 1 saturated heterocycles. The highest BCUT2D eigenvalue weighted by atomic mass is 16.5. The number of hydrogen-bond acceptors (Lipinski definition) is 3. The molecule has 2 heterocycles. The third kappa shape index (κ3) is 1.86. The number of pyridine rings is 1. The lowest BCUT2D eigenvalue weighted by atomic mass is 10.2. The van der Waals surface area contributed by atoms with Gasteiger partial charge in [-0.05, 0) is 13.3 Å². The van der Waals surface area contributed by atoms with E-state index in [4.69, 9.17) is 9.84 Å². The Morgan fingerprint density at radius 1 is 1.62 bits per heavy atom. The van der Waals surface area contributed by atoms with Gasteiger partial charge in [-0.2, -0.15) is 0 Å². The summed E-state index contributed by atoms with van der Waals surface area (Å²) in [5.74, 6) is -1.18. The minimum Gasteiger partial charge on any atom is -0.477 e. The smallest absolute Gasteiger partial charge is 0.341 e. The van der Waals surface area contributed by atoms with Gasteiger partial charge >= 0.3 is 5.97 Å². The van der Waals surface area contributed by atoms with Crippen molar-refractivity contribution in [1.29, 1.82) is 0 Å². The zero-order valence-electron chi connectivity index (χ0n) is 8.97. The van der Waals surface area contributed by atoms with Gasteiger partial charge in [0.25, 0.3) is 0 Å². The van der Waals surface area contributed by atoms with Gasteiger partial charge in [0.15, 0.2) is 5.43 Å². The van der Waals surface area contributed by atoms with Crippen molar-refractivity contribution in [3.63, 3.8) is 0 Å². The molecule has 1 N–H and O–H groups in total. The number of ether oxygens (including phenoxy) is 1. The standard InChI is InChI=1S/C11H13NO4/c1-7-4-10(13)9(11(14)15)5-12(7)8-2-3-16-6-8/h4-5,8H,2-3,6H2,1H3,(H,14,15)/t8-/m0/s1. The number of nitrogens with zero attached hydrogens (tertiary/aromatic N) is 1. The van der Waals surface area contributed by atoms with Crippen molar-refractivity contribution >= 4 is 5.97 Å². The summed E-state index contributed by atoms with van der Waals surface area (Å²) in [6, 6.07) is 1.50. The van der Waals surface area contributed by atoms with E-state index in [-0.39, 0.29) is 11.6 Å². The second-order valence-electron chi connectivity index (χ2n) is 3.92. The molecule has 5 nitrogen and oxygen atoms in total. The van der Waals surface area contributed by atoms with Gasteiger partial charge < -0.3 is 14.4 Å². The number of aromatic nitrogens is 1. The maximum absolute atomic E-state index is 11.4. The van der Waals surface area contributed by atoms with Crippen LogP contribution in [0.3, 0.4) is 0 Å². The molecule has 0 amide bonds. The fourth-order valence-corrected chi connectivity index (χ4v) is 1.94. The first-order chi connectivity index (χ1) is 7.59. The first-order valence-corrected chi connectivity index (χ1v) is 5.13. The van der Waals surface area contributed by atoms with E-state index in [2.05, 4.69) is 0 Å². The van der Waals surface area contributed by atoms with E-state index in [1.807, 2.05) is 4.57 Å². The number of carboxylic acids is 1. The van der Waals surface area contributed by atoms with E-state index >= 15 is 0 Å². The second-order valence-corrected chi connectivity index (χ2v) is 3.92. The quantitative estimate of drug-likeness (QED) is 0.805. The Hall–Kier alpha value is -1.62. The van der Waals surface area contributed by atoms with Crippen molar-refractivity contribution in [3.05, 3.63) is 33.7 Å². The van der Waals surface area contributed by atoms with Gasteiger partial charge in [-0.25, -0.2) is 4.79 Å². The number of carboxylic acid groups (broad SMARTS) is 1. The number of aryl methyl sites for hydroxylation is 1. The molecule has 0 aliphatic carbocycles. The van der Waals surface area contributed by atoms with Gasteiger partial charge in [-0.15, -0.1) is 0 Å². The number of rotatable bonds is 2. The van der Waals surface area contributed by atoms with Crippen molar-refractivity contribution in [1.82, 2.24) is 4.57 Å². The number of aromatic carboxylic acids is 1. The normalized spacial score (nSPS) is 19.9. The SMILES string of the molecule is Cc1cc(=O)c(C(=O)O)cn1[C@H]1CCOC1. The minimum absolute atomic E-state index is 0.138. The molecule has 0 saturated carbocycles. The molecule has 5 heteroatoms. The first kappa shape index (κ1) is 10.9. The van der Waals surface area contributed by atoms with Crippen LogP contribution in [0.15, 0.2) is 17.1 Å². The Morgan fingerprint density at radius 2 is 2.38 bits per heavy atom. The molecule has 0 bridgehead atoms. The summed E-state index contributed by atoms with van der Waals surface area (Å²) in [6.07, 6.45) is 2.27. The largest absolute Gasteiger partial charge is 0.477 e. The van der Waals surface area contributed by atoms with Crippen LogP contribution in [-0.2, 0) is 4.74 Å². The van der Waals surface area contributed by atoms with E-state index in [9.17, 15) is 9.59 Å². The molecule has 1 atom stereocenters. The minimum atomic E-state index is -1.18. The van der Waals surface area contributed by atoms with Crippen LogP contribution in [0.5, 0.6) is 0 Å². The van der Waals surface area contributed by atoms with Crippen LogP contribution in [0.2, 0.25) is 0 Å². The summed E-state index contributed by atoms with van der Waals surface area (Å²) in [4.78, 5) is 22.3. The fraction of sp³-hybridized carbons (Fsp3) is 0.455. The van der Waals surface area contributed by atoms with Crippen LogP contribution in [0.1, 0.15) is 28.5 Å². The van der Waals surface area contributed by atoms with E-state index < -0.39 is 11.4 Å². The fourth-order valence-electron chi connectivity index (χ4n) is 1.94. The van der Waals surface area contributed by atoms with Crippen LogP contribution in [0, 0.1) is 6.92 Å². The van der Waals surface area contributed by atoms with Gasteiger partial charge in [0, 0.05) is 24.6 Å². The molecule has 86 valence electrons. The lowest BCUT2D eigenvalue weighted by Crippen LogP contribution is -2.21. The molecule has 1 aliphatic heterocycles. The summed E-state index contributed by atoms with van der Waals surface area (Å²) >= 11 is 0. The molecule has 0 aromatic carbocycles. The second kappa shape index (κ2) is 4.09. The summed E-state index contributed by atoms with van der Waals surface area (Å²) in [7, 11) is 0. The van der Waals surface area contributed by atoms with Crippen LogP contribution < -0.4 is 5.43 Å². The maximum Gasteiger partial charge on any atom is 0.341 e. The zero-order chi connectivity index (χ0) is 11.7. The van der Waals surface area contributed by atoms with Gasteiger partial charge in [0.1, 0.15) is 5.56 Å². The third-order valence-corrected chi connectivity index (χ3v) is 2.81. The van der Waals surface area contributed by atoms with Gasteiger partial charge in [-0.1, -0.05) is 0 Å². The third-order valence-electron chi connectivity index (χ3n) is 2.81. The Kier molecular flexibility index (Phi) is 2.78. The molecule has 1 fully saturated rings. The van der Waals surface area contributed by atoms with Crippen molar-refractivity contribution in [2.75, 3.05) is 13.2 Å². The number of hydrogen-bond donors (Lipinski definition) is 1. The van der Waals surface area contributed by atoms with Crippen LogP contribution in [-0.4, -0.2) is 28.9 Å².